The zero-order valence-electron chi connectivity index (χ0n) is 28.6. The van der Waals surface area contributed by atoms with Crippen molar-refractivity contribution >= 4 is 31.4 Å². The molecule has 0 atom stereocenters. The maximum Gasteiger partial charge on any atom is 0.224 e. The number of ether oxygens (including phenoxy) is 2. The predicted octanol–water partition coefficient (Wildman–Crippen LogP) is 6.71. The van der Waals surface area contributed by atoms with Crippen molar-refractivity contribution < 1.29 is 35.9 Å². The number of ketones is 1. The first-order valence-corrected chi connectivity index (χ1v) is 20.3. The molecule has 4 aromatic rings. The quantitative estimate of drug-likeness (QED) is 0.127. The number of sulfone groups is 2. The van der Waals surface area contributed by atoms with E-state index in [2.05, 4.69) is 5.32 Å². The van der Waals surface area contributed by atoms with Crippen LogP contribution in [0, 0.1) is 11.8 Å². The van der Waals surface area contributed by atoms with E-state index in [4.69, 9.17) is 15.2 Å². The molecule has 2 aliphatic rings. The Morgan fingerprint density at radius 3 is 1.29 bits per heavy atom. The number of hydrogen-bond donors (Lipinski definition) is 2. The zero-order chi connectivity index (χ0) is 36.4. The molecule has 2 fully saturated rings. The molecular formula is C40H48N2O8S2. The van der Waals surface area contributed by atoms with Crippen LogP contribution in [0.1, 0.15) is 50.7 Å². The number of hydrogen-bond acceptors (Lipinski definition) is 9. The van der Waals surface area contributed by atoms with Crippen LogP contribution in [-0.2, 0) is 42.1 Å². The summed E-state index contributed by atoms with van der Waals surface area (Å²) >= 11 is 0. The standard InChI is InChI=1S/C20H23NO4S.C19H21NO4S.CH4/c21-12-11-17(22)13-15-3-5-18(6-4-15)25-19-7-9-20(10-8-19)26(23,24)14-16-1-2-16;1-20-19(21)12-14-4-6-16(7-5-14)24-17-8-10-18(11-9-17)25(22,23)13-15-2-3-15;/h3-10,16H,1-2,11-14,21H2;4-11,15H,2-3,12-13H2,1H3,(H,20,21);1H4. The van der Waals surface area contributed by atoms with Crippen LogP contribution in [0.2, 0.25) is 0 Å². The molecule has 3 N–H and O–H groups in total. The minimum absolute atomic E-state index is 0. The second-order valence-electron chi connectivity index (χ2n) is 13.0. The Kier molecular flexibility index (Phi) is 14.2. The number of nitrogens with two attached hydrogens (primary N) is 1. The van der Waals surface area contributed by atoms with Crippen molar-refractivity contribution in [3.63, 3.8) is 0 Å². The summed E-state index contributed by atoms with van der Waals surface area (Å²) in [6, 6.07) is 27.5. The molecule has 2 aliphatic carbocycles. The lowest BCUT2D eigenvalue weighted by Crippen LogP contribution is -2.19. The summed E-state index contributed by atoms with van der Waals surface area (Å²) in [7, 11) is -4.80. The molecule has 52 heavy (non-hydrogen) atoms. The second-order valence-corrected chi connectivity index (χ2v) is 17.1. The van der Waals surface area contributed by atoms with Gasteiger partial charge in [-0.15, -0.1) is 0 Å². The molecule has 0 spiro atoms. The third kappa shape index (κ3) is 12.6. The number of carbonyl (C=O) groups excluding carboxylic acids is 2. The van der Waals surface area contributed by atoms with Gasteiger partial charge in [0.25, 0.3) is 0 Å². The fraction of sp³-hybridized carbons (Fsp3) is 0.350. The van der Waals surface area contributed by atoms with Gasteiger partial charge in [0, 0.05) is 19.9 Å². The van der Waals surface area contributed by atoms with Gasteiger partial charge in [0.1, 0.15) is 28.8 Å². The van der Waals surface area contributed by atoms with E-state index in [0.29, 0.717) is 70.4 Å². The minimum Gasteiger partial charge on any atom is -0.457 e. The summed E-state index contributed by atoms with van der Waals surface area (Å²) in [5.74, 6) is 3.60. The van der Waals surface area contributed by atoms with Crippen molar-refractivity contribution in [2.75, 3.05) is 25.1 Å². The molecule has 278 valence electrons. The summed E-state index contributed by atoms with van der Waals surface area (Å²) in [6.07, 6.45) is 5.11. The molecule has 4 aromatic carbocycles. The van der Waals surface area contributed by atoms with Crippen LogP contribution in [-0.4, -0.2) is 53.6 Å². The van der Waals surface area contributed by atoms with Gasteiger partial charge >= 0.3 is 0 Å². The van der Waals surface area contributed by atoms with E-state index < -0.39 is 19.7 Å². The fourth-order valence-corrected chi connectivity index (χ4v) is 8.58. The van der Waals surface area contributed by atoms with E-state index in [-0.39, 0.29) is 30.6 Å². The summed E-state index contributed by atoms with van der Waals surface area (Å²) in [5.41, 5.74) is 7.19. The van der Waals surface area contributed by atoms with E-state index in [9.17, 15) is 26.4 Å². The van der Waals surface area contributed by atoms with Crippen LogP contribution in [0.4, 0.5) is 0 Å². The summed E-state index contributed by atoms with van der Waals surface area (Å²) < 4.78 is 60.4. The lowest BCUT2D eigenvalue weighted by Gasteiger charge is -2.08. The van der Waals surface area contributed by atoms with Gasteiger partial charge in [0.05, 0.1) is 27.7 Å². The second kappa shape index (κ2) is 18.3. The van der Waals surface area contributed by atoms with Crippen LogP contribution < -0.4 is 20.5 Å². The van der Waals surface area contributed by atoms with Crippen LogP contribution >= 0.6 is 0 Å². The van der Waals surface area contributed by atoms with Crippen LogP contribution in [0.5, 0.6) is 23.0 Å². The highest BCUT2D eigenvalue weighted by molar-refractivity contribution is 7.91. The maximum absolute atomic E-state index is 12.2. The van der Waals surface area contributed by atoms with E-state index in [1.807, 2.05) is 24.3 Å². The highest BCUT2D eigenvalue weighted by atomic mass is 32.2. The van der Waals surface area contributed by atoms with Gasteiger partial charge < -0.3 is 20.5 Å². The van der Waals surface area contributed by atoms with Crippen molar-refractivity contribution in [1.82, 2.24) is 5.32 Å². The number of amides is 1. The first-order chi connectivity index (χ1) is 24.4. The topological polar surface area (TPSA) is 159 Å². The molecule has 10 nitrogen and oxygen atoms in total. The molecule has 6 rings (SSSR count). The summed E-state index contributed by atoms with van der Waals surface area (Å²) in [4.78, 5) is 23.6. The molecular weight excluding hydrogens is 701 g/mol. The van der Waals surface area contributed by atoms with Gasteiger partial charge in [-0.25, -0.2) is 16.8 Å². The molecule has 12 heteroatoms. The Bertz CT molecular complexity index is 1990. The van der Waals surface area contributed by atoms with Crippen molar-refractivity contribution in [3.05, 3.63) is 108 Å². The Hall–Kier alpha value is -4.52. The summed E-state index contributed by atoms with van der Waals surface area (Å²) in [6.45, 7) is 0.367. The Balaban J connectivity index is 0.000000228. The number of Topliss-reactive ketones (excluding diaryl/α,β-unsaturated/α-hetero) is 1. The average Bonchev–Trinajstić information content (AvgIpc) is 4.06. The van der Waals surface area contributed by atoms with Crippen LogP contribution in [0.15, 0.2) is 107 Å². The Morgan fingerprint density at radius 2 is 0.962 bits per heavy atom. The molecule has 0 bridgehead atoms. The van der Waals surface area contributed by atoms with Crippen molar-refractivity contribution in [2.24, 2.45) is 17.6 Å². The predicted molar refractivity (Wildman–Crippen MR) is 202 cm³/mol. The number of likely N-dealkylation sites (N-methyl/N-ethyl adjacent to an activating group) is 1. The largest absolute Gasteiger partial charge is 0.457 e. The van der Waals surface area contributed by atoms with Crippen molar-refractivity contribution in [2.45, 2.75) is 62.2 Å². The van der Waals surface area contributed by atoms with Crippen LogP contribution in [0.25, 0.3) is 0 Å². The number of benzene rings is 4. The normalized spacial score (nSPS) is 13.9. The highest BCUT2D eigenvalue weighted by Gasteiger charge is 2.30. The molecule has 0 aliphatic heterocycles. The van der Waals surface area contributed by atoms with Crippen LogP contribution in [0.3, 0.4) is 0 Å². The smallest absolute Gasteiger partial charge is 0.224 e. The van der Waals surface area contributed by atoms with Crippen molar-refractivity contribution in [3.8, 4) is 23.0 Å². The third-order valence-electron chi connectivity index (χ3n) is 8.46. The lowest BCUT2D eigenvalue weighted by molar-refractivity contribution is -0.120. The third-order valence-corrected chi connectivity index (χ3v) is 12.3. The van der Waals surface area contributed by atoms with Gasteiger partial charge in [-0.05, 0) is 128 Å². The molecule has 0 heterocycles. The first-order valence-electron chi connectivity index (χ1n) is 17.0. The van der Waals surface area contributed by atoms with E-state index in [1.54, 1.807) is 79.8 Å². The average molecular weight is 749 g/mol. The molecule has 0 aromatic heterocycles. The molecule has 0 unspecified atom stereocenters. The summed E-state index contributed by atoms with van der Waals surface area (Å²) in [5, 5.41) is 2.58. The SMILES string of the molecule is C.CNC(=O)Cc1ccc(Oc2ccc(S(=O)(=O)CC3CC3)cc2)cc1.NCCC(=O)Cc1ccc(Oc2ccc(S(=O)(=O)CC3CC3)cc2)cc1. The van der Waals surface area contributed by atoms with Gasteiger partial charge in [-0.3, -0.25) is 9.59 Å². The first kappa shape index (κ1) is 40.3. The van der Waals surface area contributed by atoms with E-state index in [0.717, 1.165) is 36.8 Å². The molecule has 0 saturated heterocycles. The van der Waals surface area contributed by atoms with E-state index in [1.165, 1.54) is 0 Å². The van der Waals surface area contributed by atoms with Gasteiger partial charge in [-0.1, -0.05) is 31.7 Å². The minimum atomic E-state index is -3.21. The van der Waals surface area contributed by atoms with Gasteiger partial charge in [0.2, 0.25) is 5.91 Å². The molecule has 1 amide bonds. The fourth-order valence-electron chi connectivity index (χ4n) is 5.19. The molecule has 2 saturated carbocycles. The maximum atomic E-state index is 12.2. The number of carbonyl (C=O) groups is 2. The monoisotopic (exact) mass is 748 g/mol. The number of rotatable bonds is 16. The Labute approximate surface area is 307 Å². The lowest BCUT2D eigenvalue weighted by atomic mass is 10.1. The Morgan fingerprint density at radius 1 is 0.615 bits per heavy atom. The molecule has 0 radical (unpaired) electrons. The van der Waals surface area contributed by atoms with Gasteiger partial charge in [0.15, 0.2) is 19.7 Å². The number of nitrogens with one attached hydrogen (secondary N) is 1. The zero-order valence-corrected chi connectivity index (χ0v) is 30.3. The van der Waals surface area contributed by atoms with Gasteiger partial charge in [-0.2, -0.15) is 0 Å². The highest BCUT2D eigenvalue weighted by Crippen LogP contribution is 2.34. The van der Waals surface area contributed by atoms with E-state index >= 15 is 0 Å². The van der Waals surface area contributed by atoms with Crippen molar-refractivity contribution in [1.29, 1.82) is 0 Å².